The molecule has 1 aromatic carbocycles. The van der Waals surface area contributed by atoms with Crippen molar-refractivity contribution in [2.24, 2.45) is 0 Å². The maximum atomic E-state index is 5.12. The van der Waals surface area contributed by atoms with Crippen LogP contribution < -0.4 is 10.6 Å². The lowest BCUT2D eigenvalue weighted by molar-refractivity contribution is 1.06. The highest BCUT2D eigenvalue weighted by molar-refractivity contribution is 7.80. The van der Waals surface area contributed by atoms with Crippen LogP contribution in [0.1, 0.15) is 11.1 Å². The molecule has 2 nitrogen and oxygen atoms in total. The van der Waals surface area contributed by atoms with Crippen molar-refractivity contribution in [3.05, 3.63) is 42.0 Å². The number of benzene rings is 1. The molecule has 0 radical (unpaired) electrons. The Bertz CT molecular complexity index is 372. The molecule has 0 heterocycles. The van der Waals surface area contributed by atoms with Gasteiger partial charge in [-0.25, -0.2) is 0 Å². The van der Waals surface area contributed by atoms with Crippen LogP contribution in [0.25, 0.3) is 0 Å². The predicted octanol–water partition coefficient (Wildman–Crippen LogP) is 2.78. The molecule has 0 aliphatic rings. The Morgan fingerprint density at radius 3 is 2.80 bits per heavy atom. The zero-order valence-electron chi connectivity index (χ0n) is 9.13. The van der Waals surface area contributed by atoms with E-state index >= 15 is 0 Å². The summed E-state index contributed by atoms with van der Waals surface area (Å²) in [7, 11) is 0. The average molecular weight is 220 g/mol. The van der Waals surface area contributed by atoms with E-state index in [-0.39, 0.29) is 0 Å². The molecular weight excluding hydrogens is 204 g/mol. The van der Waals surface area contributed by atoms with Crippen molar-refractivity contribution in [3.8, 4) is 0 Å². The fourth-order valence-electron chi connectivity index (χ4n) is 1.29. The van der Waals surface area contributed by atoms with E-state index in [0.29, 0.717) is 11.7 Å². The number of hydrogen-bond donors (Lipinski definition) is 2. The summed E-state index contributed by atoms with van der Waals surface area (Å²) in [5.41, 5.74) is 3.49. The van der Waals surface area contributed by atoms with Crippen LogP contribution in [0.5, 0.6) is 0 Å². The third-order valence-electron chi connectivity index (χ3n) is 2.04. The van der Waals surface area contributed by atoms with E-state index in [1.165, 1.54) is 11.1 Å². The fraction of sp³-hybridized carbons (Fsp3) is 0.250. The van der Waals surface area contributed by atoms with Gasteiger partial charge in [0.1, 0.15) is 0 Å². The predicted molar refractivity (Wildman–Crippen MR) is 70.3 cm³/mol. The van der Waals surface area contributed by atoms with Gasteiger partial charge in [0.25, 0.3) is 0 Å². The van der Waals surface area contributed by atoms with Gasteiger partial charge in [0, 0.05) is 12.2 Å². The van der Waals surface area contributed by atoms with Crippen molar-refractivity contribution in [3.63, 3.8) is 0 Å². The highest BCUT2D eigenvalue weighted by Crippen LogP contribution is 2.15. The molecule has 15 heavy (non-hydrogen) atoms. The number of thiocarbonyl (C=S) groups is 1. The molecule has 1 rings (SSSR count). The van der Waals surface area contributed by atoms with E-state index in [1.807, 2.05) is 6.07 Å². The standard InChI is InChI=1S/C12H16N2S/c1-4-7-13-12(15)14-11-6-5-9(2)8-10(11)3/h4-6,8H,1,7H2,2-3H3,(H2,13,14,15). The first kappa shape index (κ1) is 11.7. The van der Waals surface area contributed by atoms with Gasteiger partial charge in [-0.1, -0.05) is 23.8 Å². The number of nitrogens with one attached hydrogen (secondary N) is 2. The lowest BCUT2D eigenvalue weighted by atomic mass is 10.1. The molecule has 3 heteroatoms. The molecule has 0 saturated heterocycles. The van der Waals surface area contributed by atoms with Gasteiger partial charge in [-0.15, -0.1) is 6.58 Å². The first-order valence-corrected chi connectivity index (χ1v) is 5.27. The second-order valence-corrected chi connectivity index (χ2v) is 3.85. The minimum absolute atomic E-state index is 0.627. The summed E-state index contributed by atoms with van der Waals surface area (Å²) in [6.45, 7) is 8.43. The van der Waals surface area contributed by atoms with Crippen LogP contribution in [-0.2, 0) is 0 Å². The summed E-state index contributed by atoms with van der Waals surface area (Å²) in [5.74, 6) is 0. The lowest BCUT2D eigenvalue weighted by Gasteiger charge is -2.11. The van der Waals surface area contributed by atoms with Crippen molar-refractivity contribution in [1.82, 2.24) is 5.32 Å². The van der Waals surface area contributed by atoms with E-state index in [1.54, 1.807) is 6.08 Å². The molecule has 0 aliphatic heterocycles. The van der Waals surface area contributed by atoms with Gasteiger partial charge >= 0.3 is 0 Å². The van der Waals surface area contributed by atoms with Crippen molar-refractivity contribution >= 4 is 23.0 Å². The molecule has 0 aliphatic carbocycles. The van der Waals surface area contributed by atoms with Gasteiger partial charge in [0.15, 0.2) is 5.11 Å². The minimum Gasteiger partial charge on any atom is -0.359 e. The molecule has 2 N–H and O–H groups in total. The third kappa shape index (κ3) is 3.72. The third-order valence-corrected chi connectivity index (χ3v) is 2.28. The number of hydrogen-bond acceptors (Lipinski definition) is 1. The molecule has 0 amide bonds. The molecule has 0 unspecified atom stereocenters. The van der Waals surface area contributed by atoms with Crippen LogP contribution in [-0.4, -0.2) is 11.7 Å². The zero-order valence-corrected chi connectivity index (χ0v) is 9.95. The summed E-state index contributed by atoms with van der Waals surface area (Å²) >= 11 is 5.12. The van der Waals surface area contributed by atoms with Crippen molar-refractivity contribution < 1.29 is 0 Å². The summed E-state index contributed by atoms with van der Waals surface area (Å²) in [4.78, 5) is 0. The van der Waals surface area contributed by atoms with Gasteiger partial charge in [-0.3, -0.25) is 0 Å². The molecule has 0 spiro atoms. The largest absolute Gasteiger partial charge is 0.359 e. The molecule has 0 atom stereocenters. The Morgan fingerprint density at radius 1 is 1.47 bits per heavy atom. The Hall–Kier alpha value is -1.35. The second kappa shape index (κ2) is 5.51. The Kier molecular flexibility index (Phi) is 4.31. The highest BCUT2D eigenvalue weighted by atomic mass is 32.1. The molecule has 1 aromatic rings. The monoisotopic (exact) mass is 220 g/mol. The summed E-state index contributed by atoms with van der Waals surface area (Å²) in [5, 5.41) is 6.80. The van der Waals surface area contributed by atoms with E-state index in [4.69, 9.17) is 12.2 Å². The first-order valence-electron chi connectivity index (χ1n) is 4.86. The number of anilines is 1. The second-order valence-electron chi connectivity index (χ2n) is 3.44. The quantitative estimate of drug-likeness (QED) is 0.605. The average Bonchev–Trinajstić information content (AvgIpc) is 2.19. The van der Waals surface area contributed by atoms with Crippen LogP contribution >= 0.6 is 12.2 Å². The van der Waals surface area contributed by atoms with E-state index in [0.717, 1.165) is 5.69 Å². The maximum absolute atomic E-state index is 5.12. The zero-order chi connectivity index (χ0) is 11.3. The Morgan fingerprint density at radius 2 is 2.20 bits per heavy atom. The molecule has 0 aromatic heterocycles. The van der Waals surface area contributed by atoms with Crippen LogP contribution in [0.3, 0.4) is 0 Å². The van der Waals surface area contributed by atoms with Gasteiger partial charge in [0.2, 0.25) is 0 Å². The maximum Gasteiger partial charge on any atom is 0.171 e. The fourth-order valence-corrected chi connectivity index (χ4v) is 1.48. The van der Waals surface area contributed by atoms with Gasteiger partial charge in [-0.05, 0) is 37.7 Å². The van der Waals surface area contributed by atoms with Crippen molar-refractivity contribution in [1.29, 1.82) is 0 Å². The summed E-state index contributed by atoms with van der Waals surface area (Å²) in [6.07, 6.45) is 1.77. The number of rotatable bonds is 3. The van der Waals surface area contributed by atoms with Crippen LogP contribution in [0.15, 0.2) is 30.9 Å². The summed E-state index contributed by atoms with van der Waals surface area (Å²) < 4.78 is 0. The molecular formula is C12H16N2S. The topological polar surface area (TPSA) is 24.1 Å². The van der Waals surface area contributed by atoms with E-state index in [9.17, 15) is 0 Å². The molecule has 80 valence electrons. The summed E-state index contributed by atoms with van der Waals surface area (Å²) in [6, 6.07) is 6.22. The molecule has 0 saturated carbocycles. The number of aryl methyl sites for hydroxylation is 2. The smallest absolute Gasteiger partial charge is 0.171 e. The normalized spacial score (nSPS) is 9.47. The van der Waals surface area contributed by atoms with Gasteiger partial charge < -0.3 is 10.6 Å². The van der Waals surface area contributed by atoms with Gasteiger partial charge in [-0.2, -0.15) is 0 Å². The van der Waals surface area contributed by atoms with Crippen molar-refractivity contribution in [2.45, 2.75) is 13.8 Å². The van der Waals surface area contributed by atoms with Crippen LogP contribution in [0.4, 0.5) is 5.69 Å². The highest BCUT2D eigenvalue weighted by Gasteiger charge is 1.99. The van der Waals surface area contributed by atoms with E-state index in [2.05, 4.69) is 43.2 Å². The van der Waals surface area contributed by atoms with Crippen LogP contribution in [0.2, 0.25) is 0 Å². The minimum atomic E-state index is 0.627. The SMILES string of the molecule is C=CCNC(=S)Nc1ccc(C)cc1C. The lowest BCUT2D eigenvalue weighted by Crippen LogP contribution is -2.28. The van der Waals surface area contributed by atoms with Crippen molar-refractivity contribution in [2.75, 3.05) is 11.9 Å². The Balaban J connectivity index is 2.64. The first-order chi connectivity index (χ1) is 7.13. The van der Waals surface area contributed by atoms with E-state index < -0.39 is 0 Å². The Labute approximate surface area is 96.4 Å². The van der Waals surface area contributed by atoms with Crippen LogP contribution in [0, 0.1) is 13.8 Å². The molecule has 0 bridgehead atoms. The van der Waals surface area contributed by atoms with Gasteiger partial charge in [0.05, 0.1) is 0 Å². The molecule has 0 fully saturated rings.